The Hall–Kier alpha value is -1.02. The molecule has 0 bridgehead atoms. The number of hydrogen-bond acceptors (Lipinski definition) is 2. The molecule has 0 aromatic heterocycles. The number of nitrogens with one attached hydrogen (secondary N) is 1. The average molecular weight is 233 g/mol. The molecule has 0 aliphatic carbocycles. The van der Waals surface area contributed by atoms with Gasteiger partial charge in [-0.3, -0.25) is 0 Å². The quantitative estimate of drug-likeness (QED) is 0.862. The topological polar surface area (TPSA) is 21.3 Å². The molecule has 1 aliphatic heterocycles. The van der Waals surface area contributed by atoms with Crippen LogP contribution in [-0.2, 0) is 6.42 Å². The Morgan fingerprint density at radius 3 is 2.71 bits per heavy atom. The molecule has 2 atom stereocenters. The first-order chi connectivity index (χ1) is 8.28. The fourth-order valence-corrected chi connectivity index (χ4v) is 2.41. The summed E-state index contributed by atoms with van der Waals surface area (Å²) in [5.41, 5.74) is 1.40. The number of piperidine rings is 1. The van der Waals surface area contributed by atoms with Crippen LogP contribution < -0.4 is 10.1 Å². The molecule has 2 nitrogen and oxygen atoms in total. The summed E-state index contributed by atoms with van der Waals surface area (Å²) < 4.78 is 6.02. The summed E-state index contributed by atoms with van der Waals surface area (Å²) in [6.45, 7) is 5.50. The lowest BCUT2D eigenvalue weighted by Gasteiger charge is -2.28. The number of ether oxygens (including phenoxy) is 1. The Bertz CT molecular complexity index is 333. The van der Waals surface area contributed by atoms with Crippen molar-refractivity contribution < 1.29 is 4.74 Å². The van der Waals surface area contributed by atoms with Gasteiger partial charge in [0, 0.05) is 6.04 Å². The van der Waals surface area contributed by atoms with Gasteiger partial charge < -0.3 is 10.1 Å². The maximum absolute atomic E-state index is 6.02. The average Bonchev–Trinajstić information content (AvgIpc) is 2.32. The van der Waals surface area contributed by atoms with Crippen molar-refractivity contribution >= 4 is 0 Å². The first kappa shape index (κ1) is 12.4. The second-order valence-electron chi connectivity index (χ2n) is 5.01. The Morgan fingerprint density at radius 2 is 2.06 bits per heavy atom. The standard InChI is InChI=1S/C15H23NO/c1-3-4-13-5-7-14(8-6-13)17-15-9-10-16-12(2)11-15/h5-8,12,15-16H,3-4,9-11H2,1-2H3. The van der Waals surface area contributed by atoms with Crippen LogP contribution in [0.4, 0.5) is 0 Å². The minimum atomic E-state index is 0.378. The molecular weight excluding hydrogens is 210 g/mol. The molecule has 17 heavy (non-hydrogen) atoms. The number of benzene rings is 1. The molecule has 0 spiro atoms. The van der Waals surface area contributed by atoms with Gasteiger partial charge in [-0.15, -0.1) is 0 Å². The summed E-state index contributed by atoms with van der Waals surface area (Å²) >= 11 is 0. The van der Waals surface area contributed by atoms with Gasteiger partial charge in [-0.25, -0.2) is 0 Å². The van der Waals surface area contributed by atoms with Crippen LogP contribution in [-0.4, -0.2) is 18.7 Å². The second-order valence-corrected chi connectivity index (χ2v) is 5.01. The van der Waals surface area contributed by atoms with Crippen LogP contribution >= 0.6 is 0 Å². The Kier molecular flexibility index (Phi) is 4.43. The SMILES string of the molecule is CCCc1ccc(OC2CCNC(C)C2)cc1. The van der Waals surface area contributed by atoms with Gasteiger partial charge in [-0.1, -0.05) is 25.5 Å². The monoisotopic (exact) mass is 233 g/mol. The van der Waals surface area contributed by atoms with Gasteiger partial charge in [0.05, 0.1) is 0 Å². The second kappa shape index (κ2) is 6.06. The van der Waals surface area contributed by atoms with Crippen molar-refractivity contribution in [3.8, 4) is 5.75 Å². The molecule has 1 aromatic carbocycles. The van der Waals surface area contributed by atoms with Crippen LogP contribution in [0.15, 0.2) is 24.3 Å². The van der Waals surface area contributed by atoms with Crippen molar-refractivity contribution in [1.29, 1.82) is 0 Å². The van der Waals surface area contributed by atoms with Gasteiger partial charge in [-0.05, 0) is 50.4 Å². The zero-order valence-electron chi connectivity index (χ0n) is 10.9. The Labute approximate surface area is 104 Å². The lowest BCUT2D eigenvalue weighted by molar-refractivity contribution is 0.144. The molecule has 1 heterocycles. The highest BCUT2D eigenvalue weighted by Gasteiger charge is 2.19. The highest BCUT2D eigenvalue weighted by molar-refractivity contribution is 5.27. The zero-order valence-corrected chi connectivity index (χ0v) is 10.9. The lowest BCUT2D eigenvalue weighted by Crippen LogP contribution is -2.40. The third-order valence-electron chi connectivity index (χ3n) is 3.34. The molecule has 0 amide bonds. The van der Waals surface area contributed by atoms with Crippen LogP contribution in [0.2, 0.25) is 0 Å². The van der Waals surface area contributed by atoms with Gasteiger partial charge in [0.2, 0.25) is 0 Å². The van der Waals surface area contributed by atoms with E-state index in [2.05, 4.69) is 43.4 Å². The van der Waals surface area contributed by atoms with E-state index >= 15 is 0 Å². The van der Waals surface area contributed by atoms with Crippen molar-refractivity contribution in [3.05, 3.63) is 29.8 Å². The highest BCUT2D eigenvalue weighted by Crippen LogP contribution is 2.19. The van der Waals surface area contributed by atoms with Gasteiger partial charge >= 0.3 is 0 Å². The van der Waals surface area contributed by atoms with Gasteiger partial charge in [0.15, 0.2) is 0 Å². The van der Waals surface area contributed by atoms with E-state index in [0.717, 1.165) is 31.6 Å². The first-order valence-corrected chi connectivity index (χ1v) is 6.77. The van der Waals surface area contributed by atoms with Crippen LogP contribution in [0.3, 0.4) is 0 Å². The van der Waals surface area contributed by atoms with Crippen molar-refractivity contribution in [1.82, 2.24) is 5.32 Å². The summed E-state index contributed by atoms with van der Waals surface area (Å²) in [6, 6.07) is 9.16. The summed E-state index contributed by atoms with van der Waals surface area (Å²) in [5.74, 6) is 1.02. The normalized spacial score (nSPS) is 24.6. The summed E-state index contributed by atoms with van der Waals surface area (Å²) in [5, 5.41) is 3.44. The summed E-state index contributed by atoms with van der Waals surface area (Å²) in [7, 11) is 0. The minimum absolute atomic E-state index is 0.378. The maximum Gasteiger partial charge on any atom is 0.119 e. The smallest absolute Gasteiger partial charge is 0.119 e. The first-order valence-electron chi connectivity index (χ1n) is 6.77. The molecule has 2 unspecified atom stereocenters. The van der Waals surface area contributed by atoms with E-state index < -0.39 is 0 Å². The molecule has 1 N–H and O–H groups in total. The van der Waals surface area contributed by atoms with Crippen molar-refractivity contribution in [3.63, 3.8) is 0 Å². The maximum atomic E-state index is 6.02. The number of hydrogen-bond donors (Lipinski definition) is 1. The predicted molar refractivity (Wildman–Crippen MR) is 71.6 cm³/mol. The van der Waals surface area contributed by atoms with Crippen molar-refractivity contribution in [2.45, 2.75) is 51.7 Å². The van der Waals surface area contributed by atoms with E-state index in [1.807, 2.05) is 0 Å². The Balaban J connectivity index is 1.89. The molecule has 1 aliphatic rings. The highest BCUT2D eigenvalue weighted by atomic mass is 16.5. The fourth-order valence-electron chi connectivity index (χ4n) is 2.41. The molecule has 0 radical (unpaired) electrons. The van der Waals surface area contributed by atoms with Crippen LogP contribution in [0, 0.1) is 0 Å². The molecule has 2 heteroatoms. The third-order valence-corrected chi connectivity index (χ3v) is 3.34. The van der Waals surface area contributed by atoms with Gasteiger partial charge in [-0.2, -0.15) is 0 Å². The number of aryl methyl sites for hydroxylation is 1. The van der Waals surface area contributed by atoms with Gasteiger partial charge in [0.1, 0.15) is 11.9 Å². The van der Waals surface area contributed by atoms with Crippen molar-refractivity contribution in [2.24, 2.45) is 0 Å². The molecule has 1 saturated heterocycles. The van der Waals surface area contributed by atoms with Gasteiger partial charge in [0.25, 0.3) is 0 Å². The molecule has 1 aromatic rings. The van der Waals surface area contributed by atoms with E-state index in [4.69, 9.17) is 4.74 Å². The number of rotatable bonds is 4. The van der Waals surface area contributed by atoms with E-state index in [-0.39, 0.29) is 0 Å². The fraction of sp³-hybridized carbons (Fsp3) is 0.600. The Morgan fingerprint density at radius 1 is 1.29 bits per heavy atom. The zero-order chi connectivity index (χ0) is 12.1. The summed E-state index contributed by atoms with van der Waals surface area (Å²) in [4.78, 5) is 0. The third kappa shape index (κ3) is 3.74. The van der Waals surface area contributed by atoms with E-state index in [1.165, 1.54) is 12.0 Å². The predicted octanol–water partition coefficient (Wildman–Crippen LogP) is 3.16. The molecule has 0 saturated carbocycles. The summed E-state index contributed by atoms with van der Waals surface area (Å²) in [6.07, 6.45) is 4.96. The molecular formula is C15H23NO. The van der Waals surface area contributed by atoms with Crippen LogP contribution in [0.1, 0.15) is 38.7 Å². The molecule has 2 rings (SSSR count). The van der Waals surface area contributed by atoms with Crippen molar-refractivity contribution in [2.75, 3.05) is 6.54 Å². The molecule has 1 fully saturated rings. The van der Waals surface area contributed by atoms with E-state index in [9.17, 15) is 0 Å². The lowest BCUT2D eigenvalue weighted by atomic mass is 10.0. The minimum Gasteiger partial charge on any atom is -0.490 e. The largest absolute Gasteiger partial charge is 0.490 e. The van der Waals surface area contributed by atoms with E-state index in [1.54, 1.807) is 0 Å². The molecule has 94 valence electrons. The van der Waals surface area contributed by atoms with Crippen LogP contribution in [0.5, 0.6) is 5.75 Å². The van der Waals surface area contributed by atoms with E-state index in [0.29, 0.717) is 12.1 Å². The van der Waals surface area contributed by atoms with Crippen LogP contribution in [0.25, 0.3) is 0 Å².